The van der Waals surface area contributed by atoms with Gasteiger partial charge < -0.3 is 33.2 Å². The quantitative estimate of drug-likeness (QED) is 0.0690. The van der Waals surface area contributed by atoms with E-state index < -0.39 is 38.5 Å². The van der Waals surface area contributed by atoms with Crippen LogP contribution in [0.5, 0.6) is 23.0 Å². The molecule has 0 atom stereocenters. The first-order chi connectivity index (χ1) is 24.3. The molecule has 0 saturated carbocycles. The van der Waals surface area contributed by atoms with Gasteiger partial charge in [0.15, 0.2) is 11.5 Å². The summed E-state index contributed by atoms with van der Waals surface area (Å²) in [4.78, 5) is 52.9. The summed E-state index contributed by atoms with van der Waals surface area (Å²) in [5.41, 5.74) is 0.843. The number of nitrogens with zero attached hydrogens (tertiary/aromatic N) is 1. The van der Waals surface area contributed by atoms with Crippen LogP contribution in [0, 0.1) is 0 Å². The van der Waals surface area contributed by atoms with Gasteiger partial charge in [0.1, 0.15) is 11.5 Å². The Morgan fingerprint density at radius 1 is 0.566 bits per heavy atom. The lowest BCUT2D eigenvalue weighted by Crippen LogP contribution is -2.36. The maximum Gasteiger partial charge on any atom is 0.255 e. The van der Waals surface area contributed by atoms with Crippen molar-refractivity contribution in [3.8, 4) is 23.0 Å². The molecule has 0 saturated heterocycles. The van der Waals surface area contributed by atoms with Crippen LogP contribution in [0.4, 0.5) is 0 Å². The number of amides is 3. The summed E-state index contributed by atoms with van der Waals surface area (Å²) in [6.07, 6.45) is 1.68. The van der Waals surface area contributed by atoms with Crippen molar-refractivity contribution < 1.29 is 36.9 Å². The third-order valence-corrected chi connectivity index (χ3v) is 10.5. The van der Waals surface area contributed by atoms with Gasteiger partial charge in [-0.3, -0.25) is 19.2 Å². The number of halogens is 1. The number of unbranched alkanes of at least 4 members (excludes halogenated alkanes) is 1. The highest BCUT2D eigenvalue weighted by atomic mass is 35.5. The number of rotatable bonds is 22. The molecule has 0 bridgehead atoms. The van der Waals surface area contributed by atoms with Crippen molar-refractivity contribution in [1.82, 2.24) is 15.5 Å². The molecule has 53 heavy (non-hydrogen) atoms. The van der Waals surface area contributed by atoms with Gasteiger partial charge in [0.25, 0.3) is 11.8 Å². The maximum atomic E-state index is 13.4. The number of hydrogen-bond acceptors (Lipinski definition) is 8. The summed E-state index contributed by atoms with van der Waals surface area (Å²) >= 11 is 5.53. The lowest BCUT2D eigenvalue weighted by Gasteiger charge is -2.27. The van der Waals surface area contributed by atoms with Crippen molar-refractivity contribution in [3.63, 3.8) is 0 Å². The van der Waals surface area contributed by atoms with Crippen LogP contribution in [0.2, 0.25) is 78.6 Å². The van der Waals surface area contributed by atoms with E-state index in [-0.39, 0.29) is 30.6 Å². The fraction of sp³-hybridized carbons (Fsp3) is 0.568. The molecular weight excluding hydrogens is 762 g/mol. The normalized spacial score (nSPS) is 12.1. The summed E-state index contributed by atoms with van der Waals surface area (Å²) in [5, 5.41) is 5.41. The SMILES string of the molecule is C[Si](C)(C)Oc1cccc(C(=O)NCCCCN(CCCNC(=O)c2cccc(O[Si](C)(C)C)c2O[Si](C)(C)C)C(=O)CCC(=O)Cl)c1O[Si](C)(C)C. The molecule has 2 N–H and O–H groups in total. The van der Waals surface area contributed by atoms with Gasteiger partial charge in [-0.1, -0.05) is 12.1 Å². The molecule has 2 aromatic rings. The number of carbonyl (C=O) groups excluding carboxylic acids is 4. The highest BCUT2D eigenvalue weighted by Crippen LogP contribution is 2.36. The summed E-state index contributed by atoms with van der Waals surface area (Å²) < 4.78 is 25.3. The zero-order chi connectivity index (χ0) is 40.2. The molecule has 0 aromatic heterocycles. The third-order valence-electron chi connectivity index (χ3n) is 7.01. The van der Waals surface area contributed by atoms with E-state index >= 15 is 0 Å². The van der Waals surface area contributed by atoms with Crippen molar-refractivity contribution >= 4 is 67.8 Å². The standard InChI is InChI=1S/C37H62ClN3O8Si4/c1-50(2,3)46-30-20-15-18-28(34(30)48-52(7,8)9)36(44)39-24-13-14-26-41(33(43)23-22-32(38)42)27-17-25-40-37(45)29-19-16-21-31(47-51(4,5)6)35(29)49-53(10,11)12/h15-16,18-21H,13-14,17,22-27H2,1-12H3,(H,39,44)(H,40,45). The van der Waals surface area contributed by atoms with E-state index in [0.29, 0.717) is 79.6 Å². The van der Waals surface area contributed by atoms with Crippen molar-refractivity contribution in [2.45, 2.75) is 111 Å². The van der Waals surface area contributed by atoms with Gasteiger partial charge in [-0.25, -0.2) is 0 Å². The molecule has 0 aliphatic rings. The van der Waals surface area contributed by atoms with Crippen molar-refractivity contribution in [2.24, 2.45) is 0 Å². The summed E-state index contributed by atoms with van der Waals surface area (Å²) in [6, 6.07) is 10.8. The minimum Gasteiger partial charge on any atom is -0.542 e. The predicted molar refractivity (Wildman–Crippen MR) is 224 cm³/mol. The average Bonchev–Trinajstić information content (AvgIpc) is 2.99. The molecule has 16 heteroatoms. The number of carbonyl (C=O) groups is 4. The second kappa shape index (κ2) is 20.0. The Kier molecular flexibility index (Phi) is 17.4. The average molecular weight is 825 g/mol. The summed E-state index contributed by atoms with van der Waals surface area (Å²) in [5.74, 6) is 1.39. The van der Waals surface area contributed by atoms with E-state index in [1.807, 2.05) is 12.1 Å². The number of para-hydroxylation sites is 2. The molecule has 0 aliphatic carbocycles. The van der Waals surface area contributed by atoms with Crippen LogP contribution < -0.4 is 28.3 Å². The van der Waals surface area contributed by atoms with Gasteiger partial charge in [0.05, 0.1) is 11.1 Å². The minimum atomic E-state index is -2.08. The van der Waals surface area contributed by atoms with E-state index in [9.17, 15) is 19.2 Å². The van der Waals surface area contributed by atoms with Crippen molar-refractivity contribution in [3.05, 3.63) is 47.5 Å². The zero-order valence-electron chi connectivity index (χ0n) is 33.9. The highest BCUT2D eigenvalue weighted by molar-refractivity contribution is 6.72. The van der Waals surface area contributed by atoms with Gasteiger partial charge in [-0.2, -0.15) is 0 Å². The molecular formula is C37H62ClN3O8Si4. The number of nitrogens with one attached hydrogen (secondary N) is 2. The maximum absolute atomic E-state index is 13.4. The van der Waals surface area contributed by atoms with E-state index in [0.717, 1.165) is 0 Å². The van der Waals surface area contributed by atoms with E-state index in [1.165, 1.54) is 0 Å². The molecule has 0 heterocycles. The van der Waals surface area contributed by atoms with Crippen molar-refractivity contribution in [2.75, 3.05) is 26.2 Å². The lowest BCUT2D eigenvalue weighted by molar-refractivity contribution is -0.132. The van der Waals surface area contributed by atoms with E-state index in [1.54, 1.807) is 29.2 Å². The number of hydrogen-bond donors (Lipinski definition) is 2. The first kappa shape index (κ1) is 46.0. The predicted octanol–water partition coefficient (Wildman–Crippen LogP) is 8.25. The van der Waals surface area contributed by atoms with Crippen LogP contribution >= 0.6 is 11.6 Å². The first-order valence-corrected chi connectivity index (χ1v) is 32.4. The molecule has 296 valence electrons. The van der Waals surface area contributed by atoms with Crippen LogP contribution in [0.3, 0.4) is 0 Å². The second-order valence-corrected chi connectivity index (χ2v) is 35.1. The van der Waals surface area contributed by atoms with Crippen LogP contribution in [-0.2, 0) is 9.59 Å². The van der Waals surface area contributed by atoms with E-state index in [2.05, 4.69) is 89.2 Å². The smallest absolute Gasteiger partial charge is 0.255 e. The first-order valence-electron chi connectivity index (χ1n) is 18.4. The zero-order valence-corrected chi connectivity index (χ0v) is 38.7. The highest BCUT2D eigenvalue weighted by Gasteiger charge is 2.28. The number of benzene rings is 2. The van der Waals surface area contributed by atoms with Crippen molar-refractivity contribution in [1.29, 1.82) is 0 Å². The fourth-order valence-corrected chi connectivity index (χ4v) is 8.43. The topological polar surface area (TPSA) is 132 Å². The van der Waals surface area contributed by atoms with Gasteiger partial charge in [-0.05, 0) is 134 Å². The van der Waals surface area contributed by atoms with Crippen LogP contribution in [-0.4, -0.2) is 87.3 Å². The van der Waals surface area contributed by atoms with E-state index in [4.69, 9.17) is 29.3 Å². The minimum absolute atomic E-state index is 0.00238. The molecule has 0 spiro atoms. The monoisotopic (exact) mass is 823 g/mol. The molecule has 11 nitrogen and oxygen atoms in total. The van der Waals surface area contributed by atoms with Gasteiger partial charge in [0.2, 0.25) is 44.4 Å². The largest absolute Gasteiger partial charge is 0.542 e. The van der Waals surface area contributed by atoms with Crippen LogP contribution in [0.1, 0.15) is 52.8 Å². The molecule has 0 radical (unpaired) electrons. The Bertz CT molecular complexity index is 1570. The van der Waals surface area contributed by atoms with Gasteiger partial charge >= 0.3 is 0 Å². The Hall–Kier alpha value is -3.12. The Morgan fingerprint density at radius 2 is 0.962 bits per heavy atom. The molecule has 0 fully saturated rings. The molecule has 0 unspecified atom stereocenters. The second-order valence-electron chi connectivity index (χ2n) is 16.9. The Labute approximate surface area is 326 Å². The summed E-state index contributed by atoms with van der Waals surface area (Å²) in [7, 11) is -8.09. The molecule has 3 amide bonds. The van der Waals surface area contributed by atoms with Crippen LogP contribution in [0.15, 0.2) is 36.4 Å². The molecule has 2 rings (SSSR count). The Balaban J connectivity index is 2.05. The lowest BCUT2D eigenvalue weighted by atomic mass is 10.1. The van der Waals surface area contributed by atoms with Crippen LogP contribution in [0.25, 0.3) is 0 Å². The fourth-order valence-electron chi connectivity index (χ4n) is 5.05. The summed E-state index contributed by atoms with van der Waals surface area (Å²) in [6.45, 7) is 26.4. The molecule has 2 aromatic carbocycles. The molecule has 0 aliphatic heterocycles. The van der Waals surface area contributed by atoms with Gasteiger partial charge in [0, 0.05) is 39.0 Å². The van der Waals surface area contributed by atoms with Gasteiger partial charge in [-0.15, -0.1) is 0 Å². The Morgan fingerprint density at radius 3 is 1.36 bits per heavy atom. The third kappa shape index (κ3) is 18.2.